The molecule has 84 valence electrons. The third kappa shape index (κ3) is 4.21. The predicted molar refractivity (Wildman–Crippen MR) is 67.3 cm³/mol. The molecule has 0 aromatic heterocycles. The monoisotopic (exact) mass is 207 g/mol. The smallest absolute Gasteiger partial charge is 0.0384 e. The molecule has 0 heterocycles. The van der Waals surface area contributed by atoms with Gasteiger partial charge in [0.1, 0.15) is 0 Å². The minimum atomic E-state index is 0.826. The summed E-state index contributed by atoms with van der Waals surface area (Å²) in [6.07, 6.45) is 1.16. The van der Waals surface area contributed by atoms with E-state index < -0.39 is 0 Å². The number of rotatable bonds is 5. The Morgan fingerprint density at radius 1 is 1.13 bits per heavy atom. The van der Waals surface area contributed by atoms with Crippen molar-refractivity contribution in [2.45, 2.75) is 6.42 Å². The predicted octanol–water partition coefficient (Wildman–Crippen LogP) is 1.66. The lowest BCUT2D eigenvalue weighted by Crippen LogP contribution is -2.23. The fourth-order valence-electron chi connectivity index (χ4n) is 1.52. The van der Waals surface area contributed by atoms with Crippen molar-refractivity contribution < 1.29 is 0 Å². The molecule has 15 heavy (non-hydrogen) atoms. The minimum absolute atomic E-state index is 0.826. The molecular weight excluding hydrogens is 186 g/mol. The van der Waals surface area contributed by atoms with Crippen LogP contribution >= 0.6 is 0 Å². The van der Waals surface area contributed by atoms with Gasteiger partial charge in [-0.05, 0) is 45.3 Å². The van der Waals surface area contributed by atoms with E-state index in [9.17, 15) is 0 Å². The quantitative estimate of drug-likeness (QED) is 0.745. The maximum atomic E-state index is 5.74. The number of anilines is 2. The first-order chi connectivity index (χ1) is 7.09. The second-order valence-electron chi connectivity index (χ2n) is 4.17. The van der Waals surface area contributed by atoms with Gasteiger partial charge in [0.2, 0.25) is 0 Å². The Morgan fingerprint density at radius 2 is 1.87 bits per heavy atom. The molecule has 3 nitrogen and oxygen atoms in total. The van der Waals surface area contributed by atoms with Gasteiger partial charge in [-0.25, -0.2) is 0 Å². The largest absolute Gasteiger partial charge is 0.399 e. The van der Waals surface area contributed by atoms with Crippen molar-refractivity contribution in [2.24, 2.45) is 0 Å². The van der Waals surface area contributed by atoms with Gasteiger partial charge in [-0.3, -0.25) is 0 Å². The highest BCUT2D eigenvalue weighted by molar-refractivity contribution is 5.55. The Morgan fingerprint density at radius 3 is 2.47 bits per heavy atom. The summed E-state index contributed by atoms with van der Waals surface area (Å²) in [6, 6.07) is 8.01. The summed E-state index contributed by atoms with van der Waals surface area (Å²) < 4.78 is 0. The molecule has 0 atom stereocenters. The van der Waals surface area contributed by atoms with Gasteiger partial charge < -0.3 is 15.5 Å². The number of nitrogen functional groups attached to an aromatic ring is 1. The van der Waals surface area contributed by atoms with Crippen LogP contribution in [0.25, 0.3) is 0 Å². The first-order valence-corrected chi connectivity index (χ1v) is 5.31. The van der Waals surface area contributed by atoms with E-state index in [1.54, 1.807) is 0 Å². The van der Waals surface area contributed by atoms with E-state index in [1.165, 1.54) is 5.69 Å². The van der Waals surface area contributed by atoms with Gasteiger partial charge >= 0.3 is 0 Å². The molecule has 0 aliphatic rings. The fraction of sp³-hybridized carbons (Fsp3) is 0.500. The standard InChI is InChI=1S/C12H21N3/c1-14(2)8-5-9-15(3)12-7-4-6-11(13)10-12/h4,6-7,10H,5,8-9,13H2,1-3H3. The highest BCUT2D eigenvalue weighted by Gasteiger charge is 2.00. The molecule has 1 rings (SSSR count). The molecule has 0 fully saturated rings. The molecule has 0 amide bonds. The summed E-state index contributed by atoms with van der Waals surface area (Å²) in [5.74, 6) is 0. The van der Waals surface area contributed by atoms with Crippen molar-refractivity contribution in [3.63, 3.8) is 0 Å². The Labute approximate surface area is 92.5 Å². The second-order valence-corrected chi connectivity index (χ2v) is 4.17. The van der Waals surface area contributed by atoms with E-state index in [4.69, 9.17) is 5.73 Å². The average Bonchev–Trinajstić information content (AvgIpc) is 2.17. The van der Waals surface area contributed by atoms with Gasteiger partial charge in [0, 0.05) is 25.0 Å². The van der Waals surface area contributed by atoms with Crippen LogP contribution in [0.3, 0.4) is 0 Å². The Balaban J connectivity index is 2.43. The fourth-order valence-corrected chi connectivity index (χ4v) is 1.52. The molecule has 1 aromatic rings. The molecule has 0 spiro atoms. The van der Waals surface area contributed by atoms with Crippen LogP contribution in [0.15, 0.2) is 24.3 Å². The average molecular weight is 207 g/mol. The number of nitrogens with two attached hydrogens (primary N) is 1. The summed E-state index contributed by atoms with van der Waals surface area (Å²) in [4.78, 5) is 4.44. The molecule has 0 aliphatic carbocycles. The molecule has 0 unspecified atom stereocenters. The lowest BCUT2D eigenvalue weighted by atomic mass is 10.2. The van der Waals surface area contributed by atoms with Gasteiger partial charge in [0.15, 0.2) is 0 Å². The lowest BCUT2D eigenvalue weighted by Gasteiger charge is -2.20. The molecular formula is C12H21N3. The summed E-state index contributed by atoms with van der Waals surface area (Å²) in [5.41, 5.74) is 7.75. The van der Waals surface area contributed by atoms with Gasteiger partial charge in [-0.1, -0.05) is 6.07 Å². The molecule has 2 N–H and O–H groups in total. The van der Waals surface area contributed by atoms with E-state index in [-0.39, 0.29) is 0 Å². The number of hydrogen-bond donors (Lipinski definition) is 1. The Hall–Kier alpha value is -1.22. The molecule has 0 saturated heterocycles. The Bertz CT molecular complexity index is 297. The van der Waals surface area contributed by atoms with Gasteiger partial charge in [-0.2, -0.15) is 0 Å². The van der Waals surface area contributed by atoms with Gasteiger partial charge in [0.05, 0.1) is 0 Å². The van der Waals surface area contributed by atoms with Crippen molar-refractivity contribution in [1.82, 2.24) is 4.90 Å². The zero-order valence-electron chi connectivity index (χ0n) is 9.90. The van der Waals surface area contributed by atoms with E-state index in [0.717, 1.165) is 25.2 Å². The van der Waals surface area contributed by atoms with Crippen LogP contribution in [-0.2, 0) is 0 Å². The third-order valence-electron chi connectivity index (χ3n) is 2.41. The summed E-state index contributed by atoms with van der Waals surface area (Å²) in [5, 5.41) is 0. The van der Waals surface area contributed by atoms with Crippen LogP contribution < -0.4 is 10.6 Å². The molecule has 3 heteroatoms. The van der Waals surface area contributed by atoms with Crippen LogP contribution in [0, 0.1) is 0 Å². The Kier molecular flexibility index (Phi) is 4.43. The van der Waals surface area contributed by atoms with Crippen molar-refractivity contribution in [3.05, 3.63) is 24.3 Å². The van der Waals surface area contributed by atoms with E-state index in [0.29, 0.717) is 0 Å². The summed E-state index contributed by atoms with van der Waals surface area (Å²) in [7, 11) is 6.30. The molecule has 0 saturated carbocycles. The minimum Gasteiger partial charge on any atom is -0.399 e. The molecule has 1 aromatic carbocycles. The first-order valence-electron chi connectivity index (χ1n) is 5.31. The molecule has 0 aliphatic heterocycles. The van der Waals surface area contributed by atoms with Crippen molar-refractivity contribution in [2.75, 3.05) is 44.9 Å². The van der Waals surface area contributed by atoms with Gasteiger partial charge in [0.25, 0.3) is 0 Å². The summed E-state index contributed by atoms with van der Waals surface area (Å²) in [6.45, 7) is 2.17. The number of nitrogens with zero attached hydrogens (tertiary/aromatic N) is 2. The zero-order valence-corrected chi connectivity index (χ0v) is 9.90. The highest BCUT2D eigenvalue weighted by Crippen LogP contribution is 2.15. The maximum absolute atomic E-state index is 5.74. The van der Waals surface area contributed by atoms with E-state index >= 15 is 0 Å². The van der Waals surface area contributed by atoms with Crippen LogP contribution in [0.5, 0.6) is 0 Å². The second kappa shape index (κ2) is 5.61. The van der Waals surface area contributed by atoms with Crippen LogP contribution in [-0.4, -0.2) is 39.1 Å². The van der Waals surface area contributed by atoms with E-state index in [1.807, 2.05) is 18.2 Å². The van der Waals surface area contributed by atoms with Crippen molar-refractivity contribution in [1.29, 1.82) is 0 Å². The molecule has 0 bridgehead atoms. The highest BCUT2D eigenvalue weighted by atomic mass is 15.1. The molecule has 0 radical (unpaired) electrons. The van der Waals surface area contributed by atoms with Crippen LogP contribution in [0.1, 0.15) is 6.42 Å². The first kappa shape index (κ1) is 11.9. The normalized spacial score (nSPS) is 10.7. The number of hydrogen-bond acceptors (Lipinski definition) is 3. The SMILES string of the molecule is CN(C)CCCN(C)c1cccc(N)c1. The van der Waals surface area contributed by atoms with E-state index in [2.05, 4.69) is 37.0 Å². The van der Waals surface area contributed by atoms with Gasteiger partial charge in [-0.15, -0.1) is 0 Å². The maximum Gasteiger partial charge on any atom is 0.0384 e. The zero-order chi connectivity index (χ0) is 11.3. The topological polar surface area (TPSA) is 32.5 Å². The lowest BCUT2D eigenvalue weighted by molar-refractivity contribution is 0.401. The third-order valence-corrected chi connectivity index (χ3v) is 2.41. The van der Waals surface area contributed by atoms with Crippen LogP contribution in [0.4, 0.5) is 11.4 Å². The number of benzene rings is 1. The van der Waals surface area contributed by atoms with Crippen LogP contribution in [0.2, 0.25) is 0 Å². The van der Waals surface area contributed by atoms with Crippen molar-refractivity contribution in [3.8, 4) is 0 Å². The van der Waals surface area contributed by atoms with Crippen molar-refractivity contribution >= 4 is 11.4 Å². The summed E-state index contributed by atoms with van der Waals surface area (Å²) >= 11 is 0.